The van der Waals surface area contributed by atoms with Crippen LogP contribution in [0.4, 0.5) is 0 Å². The van der Waals surface area contributed by atoms with E-state index in [0.717, 1.165) is 25.8 Å². The minimum Gasteiger partial charge on any atom is -0.469 e. The lowest BCUT2D eigenvalue weighted by Gasteiger charge is -2.35. The summed E-state index contributed by atoms with van der Waals surface area (Å²) >= 11 is 0. The second-order valence-electron chi connectivity index (χ2n) is 4.62. The summed E-state index contributed by atoms with van der Waals surface area (Å²) in [4.78, 5) is 14.4. The molecule has 1 unspecified atom stereocenters. The maximum atomic E-state index is 12.4. The number of hydrogen-bond acceptors (Lipinski definition) is 3. The fourth-order valence-corrected chi connectivity index (χ4v) is 2.52. The Hall–Kier alpha value is -1.00. The number of aryl methyl sites for hydroxylation is 1. The van der Waals surface area contributed by atoms with E-state index in [1.165, 1.54) is 6.42 Å². The van der Waals surface area contributed by atoms with Gasteiger partial charge in [-0.25, -0.2) is 0 Å². The molecule has 1 saturated heterocycles. The molecule has 0 spiro atoms. The summed E-state index contributed by atoms with van der Waals surface area (Å²) in [6, 6.07) is 2.06. The summed E-state index contributed by atoms with van der Waals surface area (Å²) < 4.78 is 5.20. The standard InChI is InChI=1S/C13H20N2O2.ClH/c1-10-12(6-9-17-10)13(16)15-8-3-2-4-11(15)5-7-14;/h6,9,11H,2-5,7-8,14H2,1H3;1H. The molecule has 0 saturated carbocycles. The Morgan fingerprint density at radius 1 is 1.56 bits per heavy atom. The highest BCUT2D eigenvalue weighted by atomic mass is 35.5. The first-order valence-electron chi connectivity index (χ1n) is 6.29. The Morgan fingerprint density at radius 3 is 2.94 bits per heavy atom. The fourth-order valence-electron chi connectivity index (χ4n) is 2.52. The number of nitrogens with two attached hydrogens (primary N) is 1. The fraction of sp³-hybridized carbons (Fsp3) is 0.615. The van der Waals surface area contributed by atoms with Crippen LogP contribution in [-0.2, 0) is 0 Å². The van der Waals surface area contributed by atoms with Gasteiger partial charge >= 0.3 is 0 Å². The highest BCUT2D eigenvalue weighted by molar-refractivity contribution is 5.95. The Bertz CT molecular complexity index is 390. The molecule has 1 aliphatic heterocycles. The maximum Gasteiger partial charge on any atom is 0.257 e. The van der Waals surface area contributed by atoms with Gasteiger partial charge in [0, 0.05) is 12.6 Å². The molecule has 2 rings (SSSR count). The van der Waals surface area contributed by atoms with E-state index in [2.05, 4.69) is 0 Å². The summed E-state index contributed by atoms with van der Waals surface area (Å²) in [6.45, 7) is 3.31. The lowest BCUT2D eigenvalue weighted by molar-refractivity contribution is 0.0603. The molecule has 4 nitrogen and oxygen atoms in total. The van der Waals surface area contributed by atoms with Gasteiger partial charge in [-0.2, -0.15) is 0 Å². The number of piperidine rings is 1. The molecule has 2 heterocycles. The van der Waals surface area contributed by atoms with Crippen LogP contribution < -0.4 is 5.73 Å². The SMILES string of the molecule is Cc1occc1C(=O)N1CCCCC1CCN.Cl. The average Bonchev–Trinajstić information content (AvgIpc) is 2.76. The van der Waals surface area contributed by atoms with Crippen LogP contribution in [0.5, 0.6) is 0 Å². The Kier molecular flexibility index (Phi) is 5.69. The molecule has 1 aromatic heterocycles. The van der Waals surface area contributed by atoms with Gasteiger partial charge in [0.1, 0.15) is 5.76 Å². The number of furan rings is 1. The van der Waals surface area contributed by atoms with Crippen molar-refractivity contribution in [2.24, 2.45) is 5.73 Å². The van der Waals surface area contributed by atoms with Crippen molar-refractivity contribution >= 4 is 18.3 Å². The zero-order valence-corrected chi connectivity index (χ0v) is 11.5. The van der Waals surface area contributed by atoms with Crippen molar-refractivity contribution in [2.75, 3.05) is 13.1 Å². The van der Waals surface area contributed by atoms with Crippen LogP contribution >= 0.6 is 12.4 Å². The van der Waals surface area contributed by atoms with Gasteiger partial charge in [0.15, 0.2) is 0 Å². The Labute approximate surface area is 114 Å². The van der Waals surface area contributed by atoms with Crippen molar-refractivity contribution in [3.8, 4) is 0 Å². The normalized spacial score (nSPS) is 19.4. The van der Waals surface area contributed by atoms with E-state index in [9.17, 15) is 4.79 Å². The predicted molar refractivity (Wildman–Crippen MR) is 73.0 cm³/mol. The number of carbonyl (C=O) groups is 1. The summed E-state index contributed by atoms with van der Waals surface area (Å²) in [7, 11) is 0. The van der Waals surface area contributed by atoms with E-state index in [1.807, 2.05) is 11.8 Å². The predicted octanol–water partition coefficient (Wildman–Crippen LogP) is 2.35. The molecule has 18 heavy (non-hydrogen) atoms. The molecule has 0 bridgehead atoms. The van der Waals surface area contributed by atoms with Crippen LogP contribution in [0.1, 0.15) is 41.8 Å². The minimum atomic E-state index is 0. The number of amides is 1. The number of nitrogens with zero attached hydrogens (tertiary/aromatic N) is 1. The molecule has 102 valence electrons. The van der Waals surface area contributed by atoms with Crippen LogP contribution in [-0.4, -0.2) is 29.9 Å². The third-order valence-electron chi connectivity index (χ3n) is 3.48. The van der Waals surface area contributed by atoms with Crippen LogP contribution in [0.15, 0.2) is 16.7 Å². The largest absolute Gasteiger partial charge is 0.469 e. The van der Waals surface area contributed by atoms with Crippen LogP contribution in [0.3, 0.4) is 0 Å². The van der Waals surface area contributed by atoms with E-state index in [1.54, 1.807) is 12.3 Å². The zero-order chi connectivity index (χ0) is 12.3. The Morgan fingerprint density at radius 2 is 2.33 bits per heavy atom. The molecule has 0 aliphatic carbocycles. The molecule has 1 atom stereocenters. The van der Waals surface area contributed by atoms with E-state index in [-0.39, 0.29) is 18.3 Å². The van der Waals surface area contributed by atoms with Gasteiger partial charge in [-0.3, -0.25) is 4.79 Å². The summed E-state index contributed by atoms with van der Waals surface area (Å²) in [5, 5.41) is 0. The lowest BCUT2D eigenvalue weighted by Crippen LogP contribution is -2.44. The van der Waals surface area contributed by atoms with Gasteiger partial charge in [0.05, 0.1) is 11.8 Å². The van der Waals surface area contributed by atoms with Gasteiger partial charge in [-0.1, -0.05) is 0 Å². The molecule has 1 aliphatic rings. The molecule has 1 amide bonds. The van der Waals surface area contributed by atoms with Gasteiger partial charge in [-0.05, 0) is 45.2 Å². The second kappa shape index (κ2) is 6.81. The zero-order valence-electron chi connectivity index (χ0n) is 10.7. The summed E-state index contributed by atoms with van der Waals surface area (Å²) in [5.74, 6) is 0.793. The highest BCUT2D eigenvalue weighted by Gasteiger charge is 2.28. The van der Waals surface area contributed by atoms with Crippen LogP contribution in [0, 0.1) is 6.92 Å². The first-order chi connectivity index (χ1) is 8.24. The number of hydrogen-bond donors (Lipinski definition) is 1. The van der Waals surface area contributed by atoms with Crippen molar-refractivity contribution in [2.45, 2.75) is 38.6 Å². The van der Waals surface area contributed by atoms with E-state index < -0.39 is 0 Å². The number of carbonyl (C=O) groups excluding carboxylic acids is 1. The topological polar surface area (TPSA) is 59.5 Å². The average molecular weight is 273 g/mol. The minimum absolute atomic E-state index is 0. The van der Waals surface area contributed by atoms with E-state index in [4.69, 9.17) is 10.2 Å². The molecular formula is C13H21ClN2O2. The second-order valence-corrected chi connectivity index (χ2v) is 4.62. The molecular weight excluding hydrogens is 252 g/mol. The van der Waals surface area contributed by atoms with E-state index >= 15 is 0 Å². The molecule has 5 heteroatoms. The van der Waals surface area contributed by atoms with Crippen molar-refractivity contribution < 1.29 is 9.21 Å². The Balaban J connectivity index is 0.00000162. The van der Waals surface area contributed by atoms with Crippen molar-refractivity contribution in [3.05, 3.63) is 23.7 Å². The van der Waals surface area contributed by atoms with Gasteiger partial charge in [0.2, 0.25) is 0 Å². The monoisotopic (exact) mass is 272 g/mol. The summed E-state index contributed by atoms with van der Waals surface area (Å²) in [5.41, 5.74) is 6.30. The van der Waals surface area contributed by atoms with Crippen molar-refractivity contribution in [1.82, 2.24) is 4.90 Å². The van der Waals surface area contributed by atoms with Gasteiger partial charge in [0.25, 0.3) is 5.91 Å². The molecule has 1 fully saturated rings. The first kappa shape index (κ1) is 15.1. The molecule has 1 aromatic rings. The van der Waals surface area contributed by atoms with Gasteiger partial charge < -0.3 is 15.1 Å². The molecule has 0 aromatic carbocycles. The smallest absolute Gasteiger partial charge is 0.257 e. The molecule has 0 radical (unpaired) electrons. The first-order valence-corrected chi connectivity index (χ1v) is 6.29. The van der Waals surface area contributed by atoms with Crippen molar-refractivity contribution in [3.63, 3.8) is 0 Å². The number of likely N-dealkylation sites (tertiary alicyclic amines) is 1. The summed E-state index contributed by atoms with van der Waals surface area (Å²) in [6.07, 6.45) is 5.81. The lowest BCUT2D eigenvalue weighted by atomic mass is 9.98. The maximum absolute atomic E-state index is 12.4. The van der Waals surface area contributed by atoms with Crippen LogP contribution in [0.25, 0.3) is 0 Å². The van der Waals surface area contributed by atoms with Crippen molar-refractivity contribution in [1.29, 1.82) is 0 Å². The third-order valence-corrected chi connectivity index (χ3v) is 3.48. The quantitative estimate of drug-likeness (QED) is 0.919. The van der Waals surface area contributed by atoms with Gasteiger partial charge in [-0.15, -0.1) is 12.4 Å². The highest BCUT2D eigenvalue weighted by Crippen LogP contribution is 2.23. The van der Waals surface area contributed by atoms with E-state index in [0.29, 0.717) is 23.9 Å². The molecule has 2 N–H and O–H groups in total. The van der Waals surface area contributed by atoms with Crippen LogP contribution in [0.2, 0.25) is 0 Å². The third kappa shape index (κ3) is 3.06. The number of halogens is 1. The number of rotatable bonds is 3.